The number of aromatic nitrogens is 1. The minimum Gasteiger partial charge on any atom is -0.544 e. The monoisotopic (exact) mass is 400 g/mol. The summed E-state index contributed by atoms with van der Waals surface area (Å²) >= 11 is 0. The van der Waals surface area contributed by atoms with Crippen molar-refractivity contribution in [1.82, 2.24) is 4.98 Å². The highest BCUT2D eigenvalue weighted by Crippen LogP contribution is 2.40. The Balaban J connectivity index is 1.80. The number of amides is 1. The van der Waals surface area contributed by atoms with Crippen LogP contribution in [-0.2, 0) is 14.4 Å². The first-order chi connectivity index (χ1) is 14.0. The maximum atomic E-state index is 13.3. The number of pyridine rings is 1. The van der Waals surface area contributed by atoms with Crippen LogP contribution >= 0.6 is 0 Å². The average Bonchev–Trinajstić information content (AvgIpc) is 3.13. The molecule has 1 saturated carbocycles. The Morgan fingerprint density at radius 1 is 1.17 bits per heavy atom. The molecule has 0 spiro atoms. The molecule has 0 N–H and O–H groups in total. The fraction of sp³-hybridized carbons (Fsp3) is 0.652. The van der Waals surface area contributed by atoms with Crippen LogP contribution in [-0.4, -0.2) is 46.3 Å². The fourth-order valence-corrected chi connectivity index (χ4v) is 5.47. The van der Waals surface area contributed by atoms with E-state index in [4.69, 9.17) is 0 Å². The quantitative estimate of drug-likeness (QED) is 0.494. The maximum Gasteiger partial charge on any atom is 0.382 e. The highest BCUT2D eigenvalue weighted by molar-refractivity contribution is 6.33. The smallest absolute Gasteiger partial charge is 0.382 e. The highest BCUT2D eigenvalue weighted by Gasteiger charge is 2.55. The Morgan fingerprint density at radius 3 is 2.55 bits per heavy atom. The molecule has 1 aromatic rings. The molecule has 2 heterocycles. The standard InChI is InChI=1S/C23H32N2O4/c1-2-14-25(22(27)20(26)11-10-17-7-4-3-5-8-17)15-12-19(21(25)23(28)29)18-9-6-13-24-16-18/h6,9,13,16-17,19,21H,2-5,7-8,10-12,14-15H2,1H3/t19?,21-,25?/m0/s1. The number of carbonyl (C=O) groups excluding carboxylic acids is 3. The molecule has 0 bridgehead atoms. The first-order valence-corrected chi connectivity index (χ1v) is 11.0. The second-order valence-corrected chi connectivity index (χ2v) is 8.70. The Kier molecular flexibility index (Phi) is 7.17. The van der Waals surface area contributed by atoms with E-state index in [0.29, 0.717) is 31.8 Å². The zero-order valence-electron chi connectivity index (χ0n) is 17.3. The average molecular weight is 401 g/mol. The van der Waals surface area contributed by atoms with Gasteiger partial charge in [0.25, 0.3) is 5.78 Å². The van der Waals surface area contributed by atoms with Crippen molar-refractivity contribution >= 4 is 17.7 Å². The van der Waals surface area contributed by atoms with Gasteiger partial charge in [-0.05, 0) is 30.4 Å². The summed E-state index contributed by atoms with van der Waals surface area (Å²) in [5.74, 6) is -2.06. The summed E-state index contributed by atoms with van der Waals surface area (Å²) in [7, 11) is 0. The number of Topliss-reactive ketones (excluding diaryl/α,β-unsaturated/α-hetero) is 1. The third-order valence-corrected chi connectivity index (χ3v) is 6.88. The predicted molar refractivity (Wildman–Crippen MR) is 106 cm³/mol. The van der Waals surface area contributed by atoms with E-state index >= 15 is 0 Å². The zero-order chi connectivity index (χ0) is 20.9. The van der Waals surface area contributed by atoms with Crippen molar-refractivity contribution in [2.45, 2.75) is 76.7 Å². The summed E-state index contributed by atoms with van der Waals surface area (Å²) in [6.45, 7) is 2.63. The van der Waals surface area contributed by atoms with Gasteiger partial charge in [-0.1, -0.05) is 45.1 Å². The van der Waals surface area contributed by atoms with Crippen molar-refractivity contribution in [3.8, 4) is 0 Å². The SMILES string of the molecule is CCC[N+]1(C(=O)C(=O)CCC2CCCCC2)CCC(c2cccnc2)[C@H]1C(=O)[O-]. The van der Waals surface area contributed by atoms with E-state index < -0.39 is 23.7 Å². The molecule has 2 fully saturated rings. The van der Waals surface area contributed by atoms with Gasteiger partial charge in [0.2, 0.25) is 0 Å². The first-order valence-electron chi connectivity index (χ1n) is 11.0. The normalized spacial score (nSPS) is 27.6. The predicted octanol–water partition coefficient (Wildman–Crippen LogP) is 2.37. The van der Waals surface area contributed by atoms with Crippen molar-refractivity contribution in [3.63, 3.8) is 0 Å². The van der Waals surface area contributed by atoms with Crippen molar-refractivity contribution < 1.29 is 24.0 Å². The molecule has 3 atom stereocenters. The Bertz CT molecular complexity index is 730. The molecule has 29 heavy (non-hydrogen) atoms. The van der Waals surface area contributed by atoms with Crippen LogP contribution < -0.4 is 5.11 Å². The van der Waals surface area contributed by atoms with E-state index in [1.807, 2.05) is 13.0 Å². The number of hydrogen-bond acceptors (Lipinski definition) is 5. The molecule has 1 amide bonds. The first kappa shape index (κ1) is 21.6. The number of rotatable bonds is 8. The van der Waals surface area contributed by atoms with Crippen LogP contribution in [0.25, 0.3) is 0 Å². The van der Waals surface area contributed by atoms with Crippen LogP contribution in [0.2, 0.25) is 0 Å². The lowest BCUT2D eigenvalue weighted by Crippen LogP contribution is -2.64. The molecule has 1 aliphatic carbocycles. The molecule has 2 unspecified atom stereocenters. The Morgan fingerprint density at radius 2 is 1.93 bits per heavy atom. The third-order valence-electron chi connectivity index (χ3n) is 6.88. The van der Waals surface area contributed by atoms with Crippen LogP contribution in [0.15, 0.2) is 24.5 Å². The van der Waals surface area contributed by atoms with Gasteiger partial charge in [0.05, 0.1) is 13.1 Å². The lowest BCUT2D eigenvalue weighted by molar-refractivity contribution is -0.858. The summed E-state index contributed by atoms with van der Waals surface area (Å²) in [5, 5.41) is 12.2. The largest absolute Gasteiger partial charge is 0.544 e. The summed E-state index contributed by atoms with van der Waals surface area (Å²) in [6, 6.07) is 2.57. The molecule has 6 heteroatoms. The fourth-order valence-electron chi connectivity index (χ4n) is 5.47. The number of ketones is 1. The minimum absolute atomic E-state index is 0.227. The number of carboxylic acid groups (broad SMARTS) is 1. The molecule has 1 aliphatic heterocycles. The number of quaternary nitrogens is 1. The van der Waals surface area contributed by atoms with Gasteiger partial charge >= 0.3 is 5.91 Å². The molecule has 2 aliphatic rings. The Hall–Kier alpha value is -2.08. The summed E-state index contributed by atoms with van der Waals surface area (Å²) in [4.78, 5) is 42.5. The van der Waals surface area contributed by atoms with Gasteiger partial charge in [0.1, 0.15) is 12.0 Å². The third kappa shape index (κ3) is 4.58. The van der Waals surface area contributed by atoms with Gasteiger partial charge in [0.15, 0.2) is 0 Å². The molecular weight excluding hydrogens is 368 g/mol. The van der Waals surface area contributed by atoms with Gasteiger partial charge in [-0.3, -0.25) is 9.78 Å². The van der Waals surface area contributed by atoms with Crippen molar-refractivity contribution in [2.75, 3.05) is 13.1 Å². The van der Waals surface area contributed by atoms with E-state index in [0.717, 1.165) is 24.8 Å². The number of likely N-dealkylation sites (tertiary alicyclic amines) is 1. The van der Waals surface area contributed by atoms with Gasteiger partial charge in [-0.15, -0.1) is 0 Å². The molecule has 158 valence electrons. The highest BCUT2D eigenvalue weighted by atomic mass is 16.4. The van der Waals surface area contributed by atoms with Gasteiger partial charge in [-0.2, -0.15) is 0 Å². The van der Waals surface area contributed by atoms with Crippen LogP contribution in [0.4, 0.5) is 0 Å². The molecule has 0 aromatic carbocycles. The number of carboxylic acids is 1. The van der Waals surface area contributed by atoms with Crippen molar-refractivity contribution in [3.05, 3.63) is 30.1 Å². The zero-order valence-corrected chi connectivity index (χ0v) is 17.3. The van der Waals surface area contributed by atoms with E-state index in [1.165, 1.54) is 19.3 Å². The van der Waals surface area contributed by atoms with E-state index in [-0.39, 0.29) is 16.8 Å². The van der Waals surface area contributed by atoms with Crippen LogP contribution in [0.1, 0.15) is 76.2 Å². The minimum atomic E-state index is -1.25. The second kappa shape index (κ2) is 9.61. The summed E-state index contributed by atoms with van der Waals surface area (Å²) in [5.41, 5.74) is 0.792. The molecule has 1 saturated heterocycles. The summed E-state index contributed by atoms with van der Waals surface area (Å²) in [6.07, 6.45) is 11.3. The number of aliphatic carboxylic acids is 1. The summed E-state index contributed by atoms with van der Waals surface area (Å²) < 4.78 is -0.304. The van der Waals surface area contributed by atoms with E-state index in [9.17, 15) is 19.5 Å². The lowest BCUT2D eigenvalue weighted by atomic mass is 9.85. The molecule has 6 nitrogen and oxygen atoms in total. The molecule has 1 aromatic heterocycles. The Labute approximate surface area is 172 Å². The van der Waals surface area contributed by atoms with Crippen molar-refractivity contribution in [2.24, 2.45) is 5.92 Å². The maximum absolute atomic E-state index is 13.3. The lowest BCUT2D eigenvalue weighted by Gasteiger charge is -2.38. The van der Waals surface area contributed by atoms with Gasteiger partial charge in [0, 0.05) is 31.2 Å². The van der Waals surface area contributed by atoms with Gasteiger partial charge in [-0.25, -0.2) is 9.28 Å². The van der Waals surface area contributed by atoms with Crippen LogP contribution in [0.3, 0.4) is 0 Å². The van der Waals surface area contributed by atoms with Crippen LogP contribution in [0, 0.1) is 5.92 Å². The van der Waals surface area contributed by atoms with Crippen molar-refractivity contribution in [1.29, 1.82) is 0 Å². The van der Waals surface area contributed by atoms with Crippen LogP contribution in [0.5, 0.6) is 0 Å². The number of hydrogen-bond donors (Lipinski definition) is 0. The topological polar surface area (TPSA) is 87.2 Å². The van der Waals surface area contributed by atoms with E-state index in [1.54, 1.807) is 18.5 Å². The number of carbonyl (C=O) groups is 3. The second-order valence-electron chi connectivity index (χ2n) is 8.70. The van der Waals surface area contributed by atoms with E-state index in [2.05, 4.69) is 4.98 Å². The molecule has 0 radical (unpaired) electrons. The number of nitrogens with zero attached hydrogens (tertiary/aromatic N) is 2. The molecular formula is C23H32N2O4. The van der Waals surface area contributed by atoms with Gasteiger partial charge < -0.3 is 9.90 Å². The molecule has 3 rings (SSSR count).